The van der Waals surface area contributed by atoms with Crippen LogP contribution >= 0.6 is 8.38 Å². The summed E-state index contributed by atoms with van der Waals surface area (Å²) in [7, 11) is 3.08. The summed E-state index contributed by atoms with van der Waals surface area (Å²) in [4.78, 5) is 31.1. The molecule has 80 valence electrons. The summed E-state index contributed by atoms with van der Waals surface area (Å²) < 4.78 is 4.79. The summed E-state index contributed by atoms with van der Waals surface area (Å²) in [6, 6.07) is 0. The van der Waals surface area contributed by atoms with Gasteiger partial charge in [0.2, 0.25) is 0 Å². The van der Waals surface area contributed by atoms with E-state index in [4.69, 9.17) is 0 Å². The molecule has 0 fully saturated rings. The van der Waals surface area contributed by atoms with Gasteiger partial charge in [0.15, 0.2) is 0 Å². The summed E-state index contributed by atoms with van der Waals surface area (Å²) in [5.74, 6) is -0.784. The van der Waals surface area contributed by atoms with Crippen molar-refractivity contribution in [1.29, 1.82) is 0 Å². The van der Waals surface area contributed by atoms with Gasteiger partial charge >= 0.3 is 14.3 Å². The third-order valence-electron chi connectivity index (χ3n) is 1.17. The SMILES string of the molecule is C=CC(=O)OP(O)C(=O)C[N+](C)(C)C. The lowest BCUT2D eigenvalue weighted by Gasteiger charge is -2.23. The first kappa shape index (κ1) is 13.2. The fraction of sp³-hybridized carbons (Fsp3) is 0.500. The average Bonchev–Trinajstić information content (AvgIpc) is 2.00. The Kier molecular flexibility index (Phi) is 4.91. The summed E-state index contributed by atoms with van der Waals surface area (Å²) >= 11 is 0. The Hall–Kier alpha value is -0.770. The highest BCUT2D eigenvalue weighted by Crippen LogP contribution is 2.33. The average molecular weight is 220 g/mol. The Balaban J connectivity index is 4.13. The van der Waals surface area contributed by atoms with E-state index >= 15 is 0 Å². The molecule has 0 saturated carbocycles. The van der Waals surface area contributed by atoms with E-state index in [1.807, 2.05) is 0 Å². The van der Waals surface area contributed by atoms with Gasteiger partial charge in [0.25, 0.3) is 5.52 Å². The fourth-order valence-corrected chi connectivity index (χ4v) is 1.53. The topological polar surface area (TPSA) is 63.6 Å². The number of carbonyl (C=O) groups is 2. The van der Waals surface area contributed by atoms with Gasteiger partial charge in [0, 0.05) is 6.08 Å². The van der Waals surface area contributed by atoms with Crippen LogP contribution in [0.3, 0.4) is 0 Å². The van der Waals surface area contributed by atoms with Gasteiger partial charge in [-0.15, -0.1) is 0 Å². The summed E-state index contributed by atoms with van der Waals surface area (Å²) in [5, 5.41) is 0. The second kappa shape index (κ2) is 5.20. The Morgan fingerprint density at radius 1 is 1.50 bits per heavy atom. The van der Waals surface area contributed by atoms with Crippen molar-refractivity contribution in [2.75, 3.05) is 27.7 Å². The number of quaternary nitrogens is 1. The Morgan fingerprint density at radius 3 is 2.36 bits per heavy atom. The minimum absolute atomic E-state index is 0.118. The first-order chi connectivity index (χ1) is 6.26. The molecule has 0 amide bonds. The molecule has 0 aliphatic heterocycles. The molecule has 1 N–H and O–H groups in total. The van der Waals surface area contributed by atoms with Gasteiger partial charge in [0.1, 0.15) is 6.54 Å². The molecule has 14 heavy (non-hydrogen) atoms. The van der Waals surface area contributed by atoms with Crippen LogP contribution in [0.4, 0.5) is 0 Å². The standard InChI is InChI=1S/C8H15NO4P/c1-5-7(10)13-14(12)8(11)6-9(2,3)4/h5,12H,1,6H2,2-4H3/q+1. The summed E-state index contributed by atoms with van der Waals surface area (Å²) in [5.41, 5.74) is -0.470. The van der Waals surface area contributed by atoms with Crippen LogP contribution < -0.4 is 0 Å². The molecule has 0 aliphatic rings. The lowest BCUT2D eigenvalue weighted by atomic mass is 10.5. The molecular weight excluding hydrogens is 205 g/mol. The number of nitrogens with zero attached hydrogens (tertiary/aromatic N) is 1. The van der Waals surface area contributed by atoms with Crippen LogP contribution in [0, 0.1) is 0 Å². The van der Waals surface area contributed by atoms with Gasteiger partial charge in [-0.05, 0) is 0 Å². The van der Waals surface area contributed by atoms with Crippen LogP contribution in [-0.2, 0) is 14.1 Å². The first-order valence-electron chi connectivity index (χ1n) is 3.93. The highest BCUT2D eigenvalue weighted by molar-refractivity contribution is 7.65. The smallest absolute Gasteiger partial charge is 0.335 e. The van der Waals surface area contributed by atoms with Crippen molar-refractivity contribution in [3.63, 3.8) is 0 Å². The van der Waals surface area contributed by atoms with Crippen LogP contribution in [0.5, 0.6) is 0 Å². The van der Waals surface area contributed by atoms with Gasteiger partial charge in [-0.2, -0.15) is 0 Å². The fourth-order valence-electron chi connectivity index (χ4n) is 0.640. The zero-order valence-corrected chi connectivity index (χ0v) is 9.45. The zero-order chi connectivity index (χ0) is 11.4. The summed E-state index contributed by atoms with van der Waals surface area (Å²) in [6.07, 6.45) is 0.908. The van der Waals surface area contributed by atoms with E-state index in [1.54, 1.807) is 21.1 Å². The molecule has 1 atom stereocenters. The number of hydrogen-bond donors (Lipinski definition) is 1. The second-order valence-corrected chi connectivity index (χ2v) is 4.96. The molecular formula is C8H15NO4P+. The minimum atomic E-state index is -2.33. The van der Waals surface area contributed by atoms with Crippen LogP contribution in [0.2, 0.25) is 0 Å². The number of carbonyl (C=O) groups excluding carboxylic acids is 2. The molecule has 0 bridgehead atoms. The van der Waals surface area contributed by atoms with Crippen LogP contribution in [-0.4, -0.2) is 48.6 Å². The predicted octanol–water partition coefficient (Wildman–Crippen LogP) is 0.253. The highest BCUT2D eigenvalue weighted by Gasteiger charge is 2.26. The molecule has 0 aromatic heterocycles. The van der Waals surface area contributed by atoms with Gasteiger partial charge in [-0.1, -0.05) is 6.58 Å². The Morgan fingerprint density at radius 2 is 2.00 bits per heavy atom. The molecule has 0 saturated heterocycles. The van der Waals surface area contributed by atoms with E-state index < -0.39 is 19.9 Å². The monoisotopic (exact) mass is 220 g/mol. The van der Waals surface area contributed by atoms with Crippen LogP contribution in [0.1, 0.15) is 0 Å². The molecule has 0 spiro atoms. The molecule has 0 aliphatic carbocycles. The summed E-state index contributed by atoms with van der Waals surface area (Å²) in [6.45, 7) is 3.27. The minimum Gasteiger partial charge on any atom is -0.407 e. The van der Waals surface area contributed by atoms with Crippen molar-refractivity contribution >= 4 is 19.9 Å². The second-order valence-electron chi connectivity index (χ2n) is 3.73. The van der Waals surface area contributed by atoms with Crippen molar-refractivity contribution in [2.45, 2.75) is 0 Å². The number of rotatable bonds is 5. The zero-order valence-electron chi connectivity index (χ0n) is 8.56. The maximum Gasteiger partial charge on any atom is 0.335 e. The molecule has 6 heteroatoms. The van der Waals surface area contributed by atoms with E-state index in [9.17, 15) is 14.5 Å². The third-order valence-corrected chi connectivity index (χ3v) is 2.09. The quantitative estimate of drug-likeness (QED) is 0.410. The molecule has 0 aromatic rings. The number of hydrogen-bond acceptors (Lipinski definition) is 4. The molecule has 1 unspecified atom stereocenters. The van der Waals surface area contributed by atoms with Gasteiger partial charge < -0.3 is 13.9 Å². The van der Waals surface area contributed by atoms with Crippen molar-refractivity contribution in [3.05, 3.63) is 12.7 Å². The van der Waals surface area contributed by atoms with Crippen molar-refractivity contribution < 1.29 is 23.5 Å². The highest BCUT2D eigenvalue weighted by atomic mass is 31.2. The van der Waals surface area contributed by atoms with Crippen LogP contribution in [0.15, 0.2) is 12.7 Å². The molecule has 0 rings (SSSR count). The lowest BCUT2D eigenvalue weighted by Crippen LogP contribution is -2.39. The first-order valence-corrected chi connectivity index (χ1v) is 5.14. The molecule has 0 radical (unpaired) electrons. The van der Waals surface area contributed by atoms with Crippen LogP contribution in [0.25, 0.3) is 0 Å². The lowest BCUT2D eigenvalue weighted by molar-refractivity contribution is -0.861. The van der Waals surface area contributed by atoms with Gasteiger partial charge in [0.05, 0.1) is 21.1 Å². The Bertz CT molecular complexity index is 246. The predicted molar refractivity (Wildman–Crippen MR) is 53.3 cm³/mol. The maximum absolute atomic E-state index is 11.3. The molecule has 0 heterocycles. The van der Waals surface area contributed by atoms with E-state index in [0.29, 0.717) is 4.48 Å². The normalized spacial score (nSPS) is 13.1. The largest absolute Gasteiger partial charge is 0.407 e. The van der Waals surface area contributed by atoms with E-state index in [2.05, 4.69) is 11.1 Å². The molecule has 5 nitrogen and oxygen atoms in total. The van der Waals surface area contributed by atoms with E-state index in [0.717, 1.165) is 6.08 Å². The van der Waals surface area contributed by atoms with Crippen molar-refractivity contribution in [3.8, 4) is 0 Å². The maximum atomic E-state index is 11.3. The number of likely N-dealkylation sites (N-methyl/N-ethyl adjacent to an activating group) is 1. The van der Waals surface area contributed by atoms with E-state index in [-0.39, 0.29) is 6.54 Å². The third kappa shape index (κ3) is 5.80. The van der Waals surface area contributed by atoms with Crippen molar-refractivity contribution in [1.82, 2.24) is 0 Å². The van der Waals surface area contributed by atoms with E-state index in [1.165, 1.54) is 0 Å². The van der Waals surface area contributed by atoms with Gasteiger partial charge in [-0.3, -0.25) is 4.79 Å². The molecule has 0 aromatic carbocycles. The van der Waals surface area contributed by atoms with Gasteiger partial charge in [-0.25, -0.2) is 4.79 Å². The Labute approximate surface area is 84.5 Å². The van der Waals surface area contributed by atoms with Crippen molar-refractivity contribution in [2.24, 2.45) is 0 Å².